The number of hydrogen-bond acceptors (Lipinski definition) is 3. The van der Waals surface area contributed by atoms with Crippen molar-refractivity contribution < 1.29 is 19.4 Å². The molecule has 0 aliphatic heterocycles. The van der Waals surface area contributed by atoms with Crippen LogP contribution in [0.15, 0.2) is 45.3 Å². The summed E-state index contributed by atoms with van der Waals surface area (Å²) in [6.45, 7) is 0.348. The fourth-order valence-corrected chi connectivity index (χ4v) is 3.15. The van der Waals surface area contributed by atoms with Crippen molar-refractivity contribution in [3.63, 3.8) is 0 Å². The first kappa shape index (κ1) is 15.9. The van der Waals surface area contributed by atoms with Crippen LogP contribution in [0.25, 0.3) is 0 Å². The summed E-state index contributed by atoms with van der Waals surface area (Å²) >= 11 is 6.65. The number of methoxy groups -OCH3 is 1. The minimum Gasteiger partial charge on any atom is -0.497 e. The summed E-state index contributed by atoms with van der Waals surface area (Å²) in [7, 11) is 1.61. The third-order valence-corrected chi connectivity index (χ3v) is 3.94. The second-order valence-corrected chi connectivity index (χ2v) is 5.92. The van der Waals surface area contributed by atoms with Crippen molar-refractivity contribution in [1.29, 1.82) is 0 Å². The number of carbonyl (C=O) groups is 1. The molecule has 1 N–H and O–H groups in total. The van der Waals surface area contributed by atoms with Crippen LogP contribution in [0.1, 0.15) is 15.9 Å². The Balaban J connectivity index is 2.18. The van der Waals surface area contributed by atoms with E-state index in [2.05, 4.69) is 31.9 Å². The zero-order chi connectivity index (χ0) is 15.4. The summed E-state index contributed by atoms with van der Waals surface area (Å²) in [5.74, 6) is 0.328. The topological polar surface area (TPSA) is 55.8 Å². The van der Waals surface area contributed by atoms with Gasteiger partial charge in [0.05, 0.1) is 21.6 Å². The SMILES string of the molecule is COc1cccc(COc2c(Br)cc(C(=O)O)cc2Br)c1. The summed E-state index contributed by atoms with van der Waals surface area (Å²) in [6, 6.07) is 10.6. The van der Waals surface area contributed by atoms with E-state index in [-0.39, 0.29) is 5.56 Å². The second-order valence-electron chi connectivity index (χ2n) is 4.21. The molecule has 0 saturated heterocycles. The lowest BCUT2D eigenvalue weighted by atomic mass is 10.2. The number of halogens is 2. The summed E-state index contributed by atoms with van der Waals surface area (Å²) in [4.78, 5) is 11.0. The van der Waals surface area contributed by atoms with Gasteiger partial charge in [0.2, 0.25) is 0 Å². The molecule has 0 fully saturated rings. The summed E-state index contributed by atoms with van der Waals surface area (Å²) < 4.78 is 12.1. The highest BCUT2D eigenvalue weighted by Gasteiger charge is 2.13. The van der Waals surface area contributed by atoms with Crippen LogP contribution in [0, 0.1) is 0 Å². The Kier molecular flexibility index (Phi) is 5.25. The van der Waals surface area contributed by atoms with Crippen molar-refractivity contribution in [3.8, 4) is 11.5 Å². The van der Waals surface area contributed by atoms with E-state index in [0.717, 1.165) is 11.3 Å². The maximum Gasteiger partial charge on any atom is 0.335 e. The molecule has 0 spiro atoms. The molecule has 21 heavy (non-hydrogen) atoms. The molecule has 0 saturated carbocycles. The molecule has 0 aliphatic carbocycles. The van der Waals surface area contributed by atoms with Crippen LogP contribution < -0.4 is 9.47 Å². The molecule has 0 aromatic heterocycles. The fraction of sp³-hybridized carbons (Fsp3) is 0.133. The number of ether oxygens (including phenoxy) is 2. The van der Waals surface area contributed by atoms with Crippen LogP contribution in [0.2, 0.25) is 0 Å². The van der Waals surface area contributed by atoms with E-state index in [4.69, 9.17) is 14.6 Å². The van der Waals surface area contributed by atoms with Gasteiger partial charge < -0.3 is 14.6 Å². The highest BCUT2D eigenvalue weighted by molar-refractivity contribution is 9.11. The van der Waals surface area contributed by atoms with Crippen molar-refractivity contribution in [1.82, 2.24) is 0 Å². The van der Waals surface area contributed by atoms with Crippen molar-refractivity contribution in [3.05, 3.63) is 56.5 Å². The first-order valence-electron chi connectivity index (χ1n) is 5.99. The summed E-state index contributed by atoms with van der Waals surface area (Å²) in [6.07, 6.45) is 0. The lowest BCUT2D eigenvalue weighted by Gasteiger charge is -2.12. The van der Waals surface area contributed by atoms with Gasteiger partial charge in [0.25, 0.3) is 0 Å². The van der Waals surface area contributed by atoms with Gasteiger partial charge in [0.15, 0.2) is 0 Å². The third-order valence-electron chi connectivity index (χ3n) is 2.76. The molecule has 110 valence electrons. The second kappa shape index (κ2) is 6.95. The zero-order valence-electron chi connectivity index (χ0n) is 11.1. The molecule has 2 rings (SSSR count). The van der Waals surface area contributed by atoms with E-state index in [0.29, 0.717) is 21.3 Å². The van der Waals surface area contributed by atoms with E-state index >= 15 is 0 Å². The van der Waals surface area contributed by atoms with Crippen LogP contribution in [-0.2, 0) is 6.61 Å². The molecule has 0 radical (unpaired) electrons. The highest BCUT2D eigenvalue weighted by atomic mass is 79.9. The number of rotatable bonds is 5. The minimum atomic E-state index is -0.990. The lowest BCUT2D eigenvalue weighted by Crippen LogP contribution is -2.00. The van der Waals surface area contributed by atoms with Gasteiger partial charge in [-0.15, -0.1) is 0 Å². The van der Waals surface area contributed by atoms with E-state index < -0.39 is 5.97 Å². The Hall–Kier alpha value is -1.53. The van der Waals surface area contributed by atoms with Gasteiger partial charge in [-0.2, -0.15) is 0 Å². The van der Waals surface area contributed by atoms with Gasteiger partial charge >= 0.3 is 5.97 Å². The third kappa shape index (κ3) is 3.98. The molecule has 4 nitrogen and oxygen atoms in total. The first-order chi connectivity index (χ1) is 10.0. The van der Waals surface area contributed by atoms with Crippen molar-refractivity contribution in [2.24, 2.45) is 0 Å². The quantitative estimate of drug-likeness (QED) is 0.781. The van der Waals surface area contributed by atoms with Gasteiger partial charge in [-0.25, -0.2) is 4.79 Å². The maximum absolute atomic E-state index is 11.0. The van der Waals surface area contributed by atoms with Crippen LogP contribution in [-0.4, -0.2) is 18.2 Å². The molecule has 2 aromatic carbocycles. The monoisotopic (exact) mass is 414 g/mol. The first-order valence-corrected chi connectivity index (χ1v) is 7.58. The molecule has 0 aliphatic rings. The largest absolute Gasteiger partial charge is 0.497 e. The Morgan fingerprint density at radius 1 is 1.19 bits per heavy atom. The van der Waals surface area contributed by atoms with Gasteiger partial charge in [0, 0.05) is 0 Å². The molecule has 0 atom stereocenters. The molecule has 0 bridgehead atoms. The fourth-order valence-electron chi connectivity index (χ4n) is 1.74. The van der Waals surface area contributed by atoms with Crippen molar-refractivity contribution >= 4 is 37.8 Å². The van der Waals surface area contributed by atoms with Crippen molar-refractivity contribution in [2.45, 2.75) is 6.61 Å². The Morgan fingerprint density at radius 3 is 2.43 bits per heavy atom. The van der Waals surface area contributed by atoms with E-state index in [1.807, 2.05) is 24.3 Å². The predicted octanol–water partition coefficient (Wildman–Crippen LogP) is 4.50. The molecule has 6 heteroatoms. The van der Waals surface area contributed by atoms with Crippen molar-refractivity contribution in [2.75, 3.05) is 7.11 Å². The lowest BCUT2D eigenvalue weighted by molar-refractivity contribution is 0.0696. The summed E-state index contributed by atoms with van der Waals surface area (Å²) in [5.41, 5.74) is 1.14. The van der Waals surface area contributed by atoms with Gasteiger partial charge in [0.1, 0.15) is 18.1 Å². The van der Waals surface area contributed by atoms with Crippen LogP contribution in [0.3, 0.4) is 0 Å². The van der Waals surface area contributed by atoms with E-state index in [9.17, 15) is 4.79 Å². The summed E-state index contributed by atoms with van der Waals surface area (Å²) in [5, 5.41) is 8.99. The van der Waals surface area contributed by atoms with Gasteiger partial charge in [-0.05, 0) is 61.7 Å². The van der Waals surface area contributed by atoms with Crippen LogP contribution >= 0.6 is 31.9 Å². The average Bonchev–Trinajstić information content (AvgIpc) is 2.46. The highest BCUT2D eigenvalue weighted by Crippen LogP contribution is 2.35. The standard InChI is InChI=1S/C15H12Br2O4/c1-20-11-4-2-3-9(5-11)8-21-14-12(16)6-10(15(18)19)7-13(14)17/h2-7H,8H2,1H3,(H,18,19). The van der Waals surface area contributed by atoms with E-state index in [1.54, 1.807) is 7.11 Å². The minimum absolute atomic E-state index is 0.183. The molecule has 2 aromatic rings. The molecule has 0 heterocycles. The number of carboxylic acid groups (broad SMARTS) is 1. The van der Waals surface area contributed by atoms with Gasteiger partial charge in [-0.1, -0.05) is 12.1 Å². The van der Waals surface area contributed by atoms with Gasteiger partial charge in [-0.3, -0.25) is 0 Å². The number of aromatic carboxylic acids is 1. The average molecular weight is 416 g/mol. The predicted molar refractivity (Wildman–Crippen MR) is 86.1 cm³/mol. The molecule has 0 unspecified atom stereocenters. The van der Waals surface area contributed by atoms with Crippen LogP contribution in [0.5, 0.6) is 11.5 Å². The van der Waals surface area contributed by atoms with Crippen LogP contribution in [0.4, 0.5) is 0 Å². The molecule has 0 amide bonds. The maximum atomic E-state index is 11.0. The Bertz CT molecular complexity index is 647. The Morgan fingerprint density at radius 2 is 1.86 bits per heavy atom. The normalized spacial score (nSPS) is 10.2. The number of benzene rings is 2. The Labute approximate surface area is 139 Å². The number of hydrogen-bond donors (Lipinski definition) is 1. The number of carboxylic acids is 1. The van der Waals surface area contributed by atoms with E-state index in [1.165, 1.54) is 12.1 Å². The smallest absolute Gasteiger partial charge is 0.335 e. The zero-order valence-corrected chi connectivity index (χ0v) is 14.3. The molecular formula is C15H12Br2O4. The molecular weight excluding hydrogens is 404 g/mol.